The molecule has 94 valence electrons. The van der Waals surface area contributed by atoms with Crippen molar-refractivity contribution >= 4 is 17.7 Å². The number of rotatable bonds is 4. The lowest BCUT2D eigenvalue weighted by Gasteiger charge is -2.25. The zero-order valence-corrected chi connectivity index (χ0v) is 9.97. The van der Waals surface area contributed by atoms with Gasteiger partial charge in [0.2, 0.25) is 0 Å². The first kappa shape index (κ1) is 13.4. The molecule has 0 unspecified atom stereocenters. The molecule has 17 heavy (non-hydrogen) atoms. The number of allylic oxidation sites excluding steroid dienone is 1. The van der Waals surface area contributed by atoms with Gasteiger partial charge in [-0.1, -0.05) is 6.08 Å². The van der Waals surface area contributed by atoms with E-state index in [9.17, 15) is 14.4 Å². The van der Waals surface area contributed by atoms with Gasteiger partial charge in [0.15, 0.2) is 5.78 Å². The van der Waals surface area contributed by atoms with Crippen molar-refractivity contribution in [3.63, 3.8) is 0 Å². The lowest BCUT2D eigenvalue weighted by molar-refractivity contribution is -0.153. The van der Waals surface area contributed by atoms with E-state index in [0.29, 0.717) is 6.42 Å². The second-order valence-corrected chi connectivity index (χ2v) is 3.93. The molecular weight excluding hydrogens is 224 g/mol. The van der Waals surface area contributed by atoms with Crippen LogP contribution in [0.4, 0.5) is 0 Å². The molecule has 5 heteroatoms. The van der Waals surface area contributed by atoms with Crippen LogP contribution in [0, 0.1) is 5.92 Å². The van der Waals surface area contributed by atoms with Gasteiger partial charge in [-0.3, -0.25) is 14.4 Å². The van der Waals surface area contributed by atoms with Gasteiger partial charge < -0.3 is 9.47 Å². The third-order valence-electron chi connectivity index (χ3n) is 2.50. The molecule has 0 saturated heterocycles. The van der Waals surface area contributed by atoms with Crippen molar-refractivity contribution < 1.29 is 23.9 Å². The van der Waals surface area contributed by atoms with Gasteiger partial charge >= 0.3 is 11.9 Å². The van der Waals surface area contributed by atoms with E-state index in [0.717, 1.165) is 6.42 Å². The Balaban J connectivity index is 2.59. The summed E-state index contributed by atoms with van der Waals surface area (Å²) in [4.78, 5) is 33.3. The quantitative estimate of drug-likeness (QED) is 0.542. The smallest absolute Gasteiger partial charge is 0.303 e. The molecule has 0 saturated carbocycles. The van der Waals surface area contributed by atoms with Gasteiger partial charge in [-0.2, -0.15) is 0 Å². The van der Waals surface area contributed by atoms with Crippen LogP contribution in [0.25, 0.3) is 0 Å². The summed E-state index contributed by atoms with van der Waals surface area (Å²) in [5, 5.41) is 0. The molecule has 0 aliphatic heterocycles. The Morgan fingerprint density at radius 3 is 2.53 bits per heavy atom. The molecular formula is C12H16O5. The zero-order valence-electron chi connectivity index (χ0n) is 9.97. The van der Waals surface area contributed by atoms with Crippen molar-refractivity contribution in [3.8, 4) is 0 Å². The second kappa shape index (κ2) is 6.18. The van der Waals surface area contributed by atoms with Crippen molar-refractivity contribution in [2.24, 2.45) is 5.92 Å². The number of carbonyl (C=O) groups excluding carboxylic acids is 3. The first-order chi connectivity index (χ1) is 8.00. The Labute approximate surface area is 99.8 Å². The van der Waals surface area contributed by atoms with Crippen molar-refractivity contribution in [1.29, 1.82) is 0 Å². The maximum atomic E-state index is 11.8. The standard InChI is InChI=1S/C12H16O5/c1-8(13)16-7-11(15)10-5-3-4-6-12(10)17-9(2)14/h4,6,10,12H,3,5,7H2,1-2H3/t10-,12-/m0/s1. The first-order valence-corrected chi connectivity index (χ1v) is 5.50. The molecule has 1 rings (SSSR count). The fourth-order valence-corrected chi connectivity index (χ4v) is 1.74. The Bertz CT molecular complexity index is 345. The summed E-state index contributed by atoms with van der Waals surface area (Å²) in [6.07, 6.45) is 4.41. The molecule has 0 aromatic rings. The van der Waals surface area contributed by atoms with Gasteiger partial charge in [0.1, 0.15) is 12.7 Å². The van der Waals surface area contributed by atoms with Crippen LogP contribution in [0.5, 0.6) is 0 Å². The maximum Gasteiger partial charge on any atom is 0.303 e. The third-order valence-corrected chi connectivity index (χ3v) is 2.50. The minimum absolute atomic E-state index is 0.212. The molecule has 0 aromatic carbocycles. The van der Waals surface area contributed by atoms with E-state index in [2.05, 4.69) is 4.74 Å². The summed E-state index contributed by atoms with van der Waals surface area (Å²) in [7, 11) is 0. The molecule has 0 spiro atoms. The van der Waals surface area contributed by atoms with Gasteiger partial charge in [-0.15, -0.1) is 0 Å². The largest absolute Gasteiger partial charge is 0.458 e. The van der Waals surface area contributed by atoms with Crippen molar-refractivity contribution in [1.82, 2.24) is 0 Å². The van der Waals surface area contributed by atoms with Crippen LogP contribution in [0.1, 0.15) is 26.7 Å². The number of carbonyl (C=O) groups is 3. The summed E-state index contributed by atoms with van der Waals surface area (Å²) in [5.41, 5.74) is 0. The molecule has 0 amide bonds. The molecule has 0 heterocycles. The van der Waals surface area contributed by atoms with Gasteiger partial charge in [0.25, 0.3) is 0 Å². The summed E-state index contributed by atoms with van der Waals surface area (Å²) >= 11 is 0. The summed E-state index contributed by atoms with van der Waals surface area (Å²) in [5.74, 6) is -1.54. The van der Waals surface area contributed by atoms with E-state index in [4.69, 9.17) is 4.74 Å². The zero-order chi connectivity index (χ0) is 12.8. The SMILES string of the molecule is CC(=O)OCC(=O)[C@@H]1CCC=C[C@@H]1OC(C)=O. The minimum atomic E-state index is -0.538. The molecule has 0 fully saturated rings. The Kier molecular flexibility index (Phi) is 4.87. The fraction of sp³-hybridized carbons (Fsp3) is 0.583. The maximum absolute atomic E-state index is 11.8. The number of esters is 2. The molecule has 1 aliphatic carbocycles. The van der Waals surface area contributed by atoms with Crippen molar-refractivity contribution in [3.05, 3.63) is 12.2 Å². The number of hydrogen-bond acceptors (Lipinski definition) is 5. The molecule has 0 bridgehead atoms. The van der Waals surface area contributed by atoms with Crippen LogP contribution < -0.4 is 0 Å². The molecule has 5 nitrogen and oxygen atoms in total. The van der Waals surface area contributed by atoms with E-state index < -0.39 is 24.0 Å². The first-order valence-electron chi connectivity index (χ1n) is 5.50. The molecule has 0 N–H and O–H groups in total. The van der Waals surface area contributed by atoms with E-state index >= 15 is 0 Å². The van der Waals surface area contributed by atoms with Gasteiger partial charge in [0.05, 0.1) is 5.92 Å². The van der Waals surface area contributed by atoms with Crippen LogP contribution in [-0.4, -0.2) is 30.4 Å². The predicted molar refractivity (Wildman–Crippen MR) is 59.1 cm³/mol. The normalized spacial score (nSPS) is 22.9. The van der Waals surface area contributed by atoms with Gasteiger partial charge in [-0.05, 0) is 18.9 Å². The topological polar surface area (TPSA) is 69.7 Å². The highest BCUT2D eigenvalue weighted by atomic mass is 16.5. The lowest BCUT2D eigenvalue weighted by Crippen LogP contribution is -2.34. The third kappa shape index (κ3) is 4.38. The van der Waals surface area contributed by atoms with E-state index in [1.807, 2.05) is 6.08 Å². The van der Waals surface area contributed by atoms with Gasteiger partial charge in [0, 0.05) is 13.8 Å². The molecule has 0 radical (unpaired) electrons. The van der Waals surface area contributed by atoms with E-state index in [1.54, 1.807) is 6.08 Å². The highest BCUT2D eigenvalue weighted by Crippen LogP contribution is 2.22. The monoisotopic (exact) mass is 240 g/mol. The Hall–Kier alpha value is -1.65. The van der Waals surface area contributed by atoms with Crippen LogP contribution in [0.3, 0.4) is 0 Å². The average Bonchev–Trinajstić information content (AvgIpc) is 2.25. The van der Waals surface area contributed by atoms with Crippen molar-refractivity contribution in [2.75, 3.05) is 6.61 Å². The van der Waals surface area contributed by atoms with Crippen LogP contribution in [0.2, 0.25) is 0 Å². The van der Waals surface area contributed by atoms with Crippen LogP contribution >= 0.6 is 0 Å². The molecule has 2 atom stereocenters. The number of hydrogen-bond donors (Lipinski definition) is 0. The summed E-state index contributed by atoms with van der Waals surface area (Å²) in [6.45, 7) is 2.29. The molecule has 1 aliphatic rings. The van der Waals surface area contributed by atoms with Crippen LogP contribution in [0.15, 0.2) is 12.2 Å². The average molecular weight is 240 g/mol. The molecule has 0 aromatic heterocycles. The highest BCUT2D eigenvalue weighted by molar-refractivity contribution is 5.85. The second-order valence-electron chi connectivity index (χ2n) is 3.93. The van der Waals surface area contributed by atoms with Crippen LogP contribution in [-0.2, 0) is 23.9 Å². The minimum Gasteiger partial charge on any atom is -0.458 e. The summed E-state index contributed by atoms with van der Waals surface area (Å²) < 4.78 is 9.70. The van der Waals surface area contributed by atoms with E-state index in [1.165, 1.54) is 13.8 Å². The van der Waals surface area contributed by atoms with Gasteiger partial charge in [-0.25, -0.2) is 0 Å². The van der Waals surface area contributed by atoms with Crippen molar-refractivity contribution in [2.45, 2.75) is 32.8 Å². The Morgan fingerprint density at radius 1 is 1.24 bits per heavy atom. The summed E-state index contributed by atoms with van der Waals surface area (Å²) in [6, 6.07) is 0. The fourth-order valence-electron chi connectivity index (χ4n) is 1.74. The number of ether oxygens (including phenoxy) is 2. The lowest BCUT2D eigenvalue weighted by atomic mass is 9.88. The number of ketones is 1. The highest BCUT2D eigenvalue weighted by Gasteiger charge is 2.30. The van der Waals surface area contributed by atoms with E-state index in [-0.39, 0.29) is 12.4 Å². The Morgan fingerprint density at radius 2 is 1.94 bits per heavy atom. The number of Topliss-reactive ketones (excluding diaryl/α,β-unsaturated/α-hetero) is 1. The predicted octanol–water partition coefficient (Wildman–Crippen LogP) is 1.02.